The molecule has 0 aromatic carbocycles. The second-order valence-corrected chi connectivity index (χ2v) is 3.37. The zero-order valence-corrected chi connectivity index (χ0v) is 9.29. The number of hydrogen-bond donors (Lipinski definition) is 0. The first-order chi connectivity index (χ1) is 5.40. The molecule has 0 aliphatic heterocycles. The third-order valence-electron chi connectivity index (χ3n) is 0.916. The van der Waals surface area contributed by atoms with Gasteiger partial charge in [0.1, 0.15) is 0 Å². The van der Waals surface area contributed by atoms with E-state index in [1.54, 1.807) is 0 Å². The Bertz CT molecular complexity index is 283. The molecular formula is C3H3F6IO3S. The Morgan fingerprint density at radius 2 is 1.36 bits per heavy atom. The molecule has 0 bridgehead atoms. The van der Waals surface area contributed by atoms with Crippen molar-refractivity contribution in [1.82, 2.24) is 0 Å². The highest BCUT2D eigenvalue weighted by atomic mass is 127. The lowest BCUT2D eigenvalue weighted by Crippen LogP contribution is -3.00. The lowest BCUT2D eigenvalue weighted by atomic mass is 10.4. The van der Waals surface area contributed by atoms with Crippen LogP contribution < -0.4 is 24.0 Å². The van der Waals surface area contributed by atoms with Gasteiger partial charge in [-0.05, 0) is 0 Å². The molecule has 0 spiro atoms. The summed E-state index contributed by atoms with van der Waals surface area (Å²) in [5.74, 6) is 0. The second kappa shape index (κ2) is 4.38. The quantitative estimate of drug-likeness (QED) is 0.311. The van der Waals surface area contributed by atoms with Gasteiger partial charge in [-0.25, -0.2) is 12.8 Å². The number of alkyl halides is 6. The number of hydrogen-bond acceptors (Lipinski definition) is 3. The summed E-state index contributed by atoms with van der Waals surface area (Å²) < 4.78 is 97.5. The van der Waals surface area contributed by atoms with Crippen LogP contribution in [-0.4, -0.2) is 30.6 Å². The Morgan fingerprint density at radius 1 is 1.07 bits per heavy atom. The largest absolute Gasteiger partial charge is 0.743 e. The van der Waals surface area contributed by atoms with Crippen molar-refractivity contribution in [3.8, 4) is 0 Å². The second-order valence-electron chi connectivity index (χ2n) is 1.92. The molecule has 0 aliphatic carbocycles. The molecule has 0 aliphatic rings. The van der Waals surface area contributed by atoms with Crippen LogP contribution in [-0.2, 0) is 10.1 Å². The first-order valence-corrected chi connectivity index (χ1v) is 3.85. The molecule has 0 saturated carbocycles. The highest BCUT2D eigenvalue weighted by Crippen LogP contribution is 2.37. The Labute approximate surface area is 91.2 Å². The summed E-state index contributed by atoms with van der Waals surface area (Å²) in [6.07, 6.45) is -11.1. The van der Waals surface area contributed by atoms with Gasteiger partial charge in [-0.1, -0.05) is 0 Å². The van der Waals surface area contributed by atoms with E-state index < -0.39 is 27.7 Å². The molecule has 0 saturated heterocycles. The van der Waals surface area contributed by atoms with E-state index in [9.17, 15) is 39.3 Å². The van der Waals surface area contributed by atoms with Gasteiger partial charge in [-0.3, -0.25) is 0 Å². The fourth-order valence-electron chi connectivity index (χ4n) is 0.317. The van der Waals surface area contributed by atoms with Crippen LogP contribution >= 0.6 is 0 Å². The van der Waals surface area contributed by atoms with Gasteiger partial charge in [0.25, 0.3) is 6.17 Å². The van der Waals surface area contributed by atoms with Gasteiger partial charge in [-0.15, -0.1) is 0 Å². The van der Waals surface area contributed by atoms with Gasteiger partial charge in [-0.2, -0.15) is 22.0 Å². The first-order valence-electron chi connectivity index (χ1n) is 2.44. The van der Waals surface area contributed by atoms with Crippen LogP contribution in [0.5, 0.6) is 0 Å². The summed E-state index contributed by atoms with van der Waals surface area (Å²) in [4.78, 5) is 0. The lowest BCUT2D eigenvalue weighted by molar-refractivity contribution is -0.223. The number of halogens is 7. The first kappa shape index (κ1) is 16.6. The maximum atomic E-state index is 11.8. The van der Waals surface area contributed by atoms with E-state index >= 15 is 0 Å². The van der Waals surface area contributed by atoms with Crippen LogP contribution in [0, 0.1) is 0 Å². The van der Waals surface area contributed by atoms with Crippen molar-refractivity contribution in [1.29, 1.82) is 0 Å². The Hall–Kier alpha value is 0.220. The Balaban J connectivity index is 0. The highest BCUT2D eigenvalue weighted by Gasteiger charge is 2.61. The summed E-state index contributed by atoms with van der Waals surface area (Å²) in [6, 6.07) is 0. The maximum absolute atomic E-state index is 11.8. The van der Waals surface area contributed by atoms with Crippen LogP contribution in [0.25, 0.3) is 0 Å². The van der Waals surface area contributed by atoms with E-state index in [4.69, 9.17) is 0 Å². The molecule has 11 heteroatoms. The molecule has 0 fully saturated rings. The van der Waals surface area contributed by atoms with Crippen LogP contribution in [0.4, 0.5) is 26.3 Å². The molecule has 14 heavy (non-hydrogen) atoms. The molecule has 0 aromatic heterocycles. The van der Waals surface area contributed by atoms with Gasteiger partial charge in [0.05, 0.1) is 0 Å². The molecule has 0 rings (SSSR count). The summed E-state index contributed by atoms with van der Waals surface area (Å²) in [7, 11) is -6.66. The minimum atomic E-state index is -6.66. The van der Waals surface area contributed by atoms with E-state index in [0.29, 0.717) is 0 Å². The highest BCUT2D eigenvalue weighted by molar-refractivity contribution is 7.86. The Kier molecular flexibility index (Phi) is 5.21. The third kappa shape index (κ3) is 3.42. The van der Waals surface area contributed by atoms with E-state index in [-0.39, 0.29) is 24.0 Å². The van der Waals surface area contributed by atoms with Crippen LogP contribution in [0.2, 0.25) is 0 Å². The van der Waals surface area contributed by atoms with Gasteiger partial charge in [0.2, 0.25) is 24.0 Å². The normalized spacial score (nSPS) is 15.9. The lowest BCUT2D eigenvalue weighted by Gasteiger charge is -2.24. The number of rotatable bonds is 2. The molecule has 0 heterocycles. The van der Waals surface area contributed by atoms with Crippen LogP contribution in [0.1, 0.15) is 0 Å². The zero-order valence-electron chi connectivity index (χ0n) is 5.93. The van der Waals surface area contributed by atoms with E-state index in [0.717, 1.165) is 0 Å². The van der Waals surface area contributed by atoms with Crippen LogP contribution in [0.15, 0.2) is 0 Å². The SMILES string of the molecule is O=S(=O)([O-])C(F)(F)C(F)C(F)(F)F.[IH2+]. The average molecular weight is 360 g/mol. The zero-order chi connectivity index (χ0) is 11.1. The summed E-state index contributed by atoms with van der Waals surface area (Å²) in [6.45, 7) is 0. The smallest absolute Gasteiger partial charge is 0.426 e. The average Bonchev–Trinajstić information content (AvgIpc) is 1.81. The predicted molar refractivity (Wildman–Crippen MR) is 28.4 cm³/mol. The fraction of sp³-hybridized carbons (Fsp3) is 1.00. The van der Waals surface area contributed by atoms with Gasteiger partial charge >= 0.3 is 11.4 Å². The molecule has 0 radical (unpaired) electrons. The standard InChI is InChI=1S/C3H2F6O3S.H2I/c4-1(2(5,6)7)3(8,9)13(10,11)12;/h1H,(H,10,11,12);1H2/q;+1/p-1. The monoisotopic (exact) mass is 360 g/mol. The summed E-state index contributed by atoms with van der Waals surface area (Å²) >= 11 is 0. The molecule has 1 atom stereocenters. The molecular weight excluding hydrogens is 357 g/mol. The molecule has 0 amide bonds. The van der Waals surface area contributed by atoms with Crippen molar-refractivity contribution in [3.05, 3.63) is 0 Å². The molecule has 3 nitrogen and oxygen atoms in total. The van der Waals surface area contributed by atoms with Crippen molar-refractivity contribution < 1.29 is 63.3 Å². The molecule has 88 valence electrons. The van der Waals surface area contributed by atoms with Gasteiger partial charge < -0.3 is 4.55 Å². The Morgan fingerprint density at radius 3 is 1.43 bits per heavy atom. The minimum Gasteiger partial charge on any atom is -0.743 e. The van der Waals surface area contributed by atoms with Crippen LogP contribution in [0.3, 0.4) is 0 Å². The topological polar surface area (TPSA) is 57.2 Å². The fourth-order valence-corrected chi connectivity index (χ4v) is 0.704. The van der Waals surface area contributed by atoms with Crippen molar-refractivity contribution in [2.75, 3.05) is 0 Å². The van der Waals surface area contributed by atoms with E-state index in [1.807, 2.05) is 0 Å². The maximum Gasteiger partial charge on any atom is 0.426 e. The van der Waals surface area contributed by atoms with Gasteiger partial charge in [0.15, 0.2) is 10.1 Å². The van der Waals surface area contributed by atoms with Crippen molar-refractivity contribution in [3.63, 3.8) is 0 Å². The predicted octanol–water partition coefficient (Wildman–Crippen LogP) is -2.51. The third-order valence-corrected chi connectivity index (χ3v) is 1.79. The van der Waals surface area contributed by atoms with Crippen molar-refractivity contribution >= 4 is 10.1 Å². The summed E-state index contributed by atoms with van der Waals surface area (Å²) in [5.41, 5.74) is 0. The molecule has 0 N–H and O–H groups in total. The molecule has 0 aromatic rings. The van der Waals surface area contributed by atoms with Gasteiger partial charge in [0, 0.05) is 0 Å². The minimum absolute atomic E-state index is 0. The summed E-state index contributed by atoms with van der Waals surface area (Å²) in [5, 5.41) is -5.99. The van der Waals surface area contributed by atoms with E-state index in [2.05, 4.69) is 0 Å². The van der Waals surface area contributed by atoms with Crippen molar-refractivity contribution in [2.24, 2.45) is 0 Å². The van der Waals surface area contributed by atoms with Crippen molar-refractivity contribution in [2.45, 2.75) is 17.6 Å². The van der Waals surface area contributed by atoms with E-state index in [1.165, 1.54) is 0 Å². The molecule has 1 unspecified atom stereocenters.